The summed E-state index contributed by atoms with van der Waals surface area (Å²) in [4.78, 5) is 29.1. The first-order chi connectivity index (χ1) is 14.0. The Hall–Kier alpha value is -2.31. The van der Waals surface area contributed by atoms with Gasteiger partial charge in [-0.2, -0.15) is 0 Å². The van der Waals surface area contributed by atoms with Crippen molar-refractivity contribution >= 4 is 35.0 Å². The molecule has 3 aliphatic rings. The van der Waals surface area contributed by atoms with Crippen LogP contribution in [0, 0.1) is 5.92 Å². The third-order valence-electron chi connectivity index (χ3n) is 6.54. The number of rotatable bonds is 3. The van der Waals surface area contributed by atoms with Crippen molar-refractivity contribution in [3.63, 3.8) is 0 Å². The fourth-order valence-corrected chi connectivity index (χ4v) is 6.39. The minimum atomic E-state index is -0.910. The van der Waals surface area contributed by atoms with Gasteiger partial charge in [-0.15, -0.1) is 11.8 Å². The van der Waals surface area contributed by atoms with Crippen LogP contribution in [0.2, 0.25) is 0 Å². The van der Waals surface area contributed by atoms with Gasteiger partial charge in [-0.3, -0.25) is 14.5 Å². The Morgan fingerprint density at radius 2 is 1.97 bits per heavy atom. The van der Waals surface area contributed by atoms with Crippen molar-refractivity contribution in [2.45, 2.75) is 37.8 Å². The van der Waals surface area contributed by atoms with E-state index < -0.39 is 11.5 Å². The van der Waals surface area contributed by atoms with Crippen LogP contribution in [0.5, 0.6) is 0 Å². The lowest BCUT2D eigenvalue weighted by Gasteiger charge is -2.36. The molecule has 3 unspecified atom stereocenters. The van der Waals surface area contributed by atoms with E-state index in [9.17, 15) is 9.59 Å². The summed E-state index contributed by atoms with van der Waals surface area (Å²) < 4.78 is 0. The lowest BCUT2D eigenvalue weighted by atomic mass is 9.79. The van der Waals surface area contributed by atoms with E-state index in [-0.39, 0.29) is 17.9 Å². The molecule has 2 aromatic carbocycles. The van der Waals surface area contributed by atoms with Crippen LogP contribution in [-0.4, -0.2) is 34.4 Å². The smallest absolute Gasteiger partial charge is 0.250 e. The summed E-state index contributed by atoms with van der Waals surface area (Å²) >= 11 is 1.84. The number of nitrogens with zero attached hydrogens (tertiary/aromatic N) is 1. The maximum absolute atomic E-state index is 13.5. The van der Waals surface area contributed by atoms with E-state index >= 15 is 0 Å². The Labute approximate surface area is 175 Å². The van der Waals surface area contributed by atoms with Crippen molar-refractivity contribution in [1.82, 2.24) is 4.90 Å². The molecular formula is C23H25N3O2S. The van der Waals surface area contributed by atoms with Crippen molar-refractivity contribution < 1.29 is 9.59 Å². The molecule has 0 radical (unpaired) electrons. The molecule has 2 saturated heterocycles. The number of benzene rings is 2. The zero-order valence-electron chi connectivity index (χ0n) is 16.6. The summed E-state index contributed by atoms with van der Waals surface area (Å²) in [6.07, 6.45) is 0.699. The van der Waals surface area contributed by atoms with Crippen LogP contribution in [0.1, 0.15) is 37.3 Å². The highest BCUT2D eigenvalue weighted by Gasteiger charge is 2.65. The number of anilines is 2. The van der Waals surface area contributed by atoms with Gasteiger partial charge in [-0.25, -0.2) is 0 Å². The molecule has 0 aromatic heterocycles. The second-order valence-corrected chi connectivity index (χ2v) is 9.44. The highest BCUT2D eigenvalue weighted by Crippen LogP contribution is 2.55. The molecule has 5 nitrogen and oxygen atoms in total. The second kappa shape index (κ2) is 6.89. The molecule has 3 aliphatic heterocycles. The van der Waals surface area contributed by atoms with Gasteiger partial charge in [0.05, 0.1) is 5.92 Å². The van der Waals surface area contributed by atoms with Crippen LogP contribution in [0.4, 0.5) is 11.4 Å². The van der Waals surface area contributed by atoms with Crippen LogP contribution in [0.15, 0.2) is 48.5 Å². The summed E-state index contributed by atoms with van der Waals surface area (Å²) in [5.74, 6) is 1.62. The number of carbonyl (C=O) groups excluding carboxylic acids is 2. The number of carbonyl (C=O) groups is 2. The molecule has 3 atom stereocenters. The van der Waals surface area contributed by atoms with E-state index in [1.807, 2.05) is 48.2 Å². The monoisotopic (exact) mass is 407 g/mol. The fourth-order valence-electron chi connectivity index (χ4n) is 5.08. The Morgan fingerprint density at radius 1 is 1.21 bits per heavy atom. The Morgan fingerprint density at radius 3 is 2.72 bits per heavy atom. The summed E-state index contributed by atoms with van der Waals surface area (Å²) in [7, 11) is 0. The SMILES string of the molecule is CC(C)c1ccc(NC(=O)C2CC3CSCN3C23C(=O)Nc2ccccc23)cc1. The van der Waals surface area contributed by atoms with Gasteiger partial charge < -0.3 is 10.6 Å². The van der Waals surface area contributed by atoms with Crippen LogP contribution < -0.4 is 10.6 Å². The molecule has 5 rings (SSSR count). The quantitative estimate of drug-likeness (QED) is 0.808. The minimum Gasteiger partial charge on any atom is -0.326 e. The minimum absolute atomic E-state index is 0.0704. The first kappa shape index (κ1) is 18.7. The summed E-state index contributed by atoms with van der Waals surface area (Å²) in [6, 6.07) is 16.1. The maximum Gasteiger partial charge on any atom is 0.250 e. The Bertz CT molecular complexity index is 974. The van der Waals surface area contributed by atoms with Gasteiger partial charge in [0.25, 0.3) is 0 Å². The number of fused-ring (bicyclic) bond motifs is 4. The summed E-state index contributed by atoms with van der Waals surface area (Å²) in [6.45, 7) is 4.30. The van der Waals surface area contributed by atoms with Gasteiger partial charge in [0.15, 0.2) is 0 Å². The summed E-state index contributed by atoms with van der Waals surface area (Å²) in [5.41, 5.74) is 2.87. The van der Waals surface area contributed by atoms with Crippen LogP contribution in [0.3, 0.4) is 0 Å². The van der Waals surface area contributed by atoms with Crippen molar-refractivity contribution in [3.8, 4) is 0 Å². The molecule has 1 spiro atoms. The number of hydrogen-bond acceptors (Lipinski definition) is 4. The first-order valence-electron chi connectivity index (χ1n) is 10.2. The number of para-hydroxylation sites is 1. The lowest BCUT2D eigenvalue weighted by molar-refractivity contribution is -0.134. The topological polar surface area (TPSA) is 61.4 Å². The predicted molar refractivity (Wildman–Crippen MR) is 117 cm³/mol. The van der Waals surface area contributed by atoms with E-state index in [0.717, 1.165) is 28.6 Å². The van der Waals surface area contributed by atoms with Crippen LogP contribution >= 0.6 is 11.8 Å². The van der Waals surface area contributed by atoms with E-state index in [4.69, 9.17) is 0 Å². The highest BCUT2D eigenvalue weighted by atomic mass is 32.2. The largest absolute Gasteiger partial charge is 0.326 e. The standard InChI is InChI=1S/C23H25N3O2S/c1-14(2)15-7-9-16(10-8-15)24-21(27)19-11-17-12-29-13-26(17)23(19)18-5-3-4-6-20(18)25-22(23)28/h3-10,14,17,19H,11-13H2,1-2H3,(H,24,27)(H,25,28). The average Bonchev–Trinajstić information content (AvgIpc) is 3.37. The molecular weight excluding hydrogens is 382 g/mol. The van der Waals surface area contributed by atoms with Crippen molar-refractivity contribution in [1.29, 1.82) is 0 Å². The molecule has 2 amide bonds. The first-order valence-corrected chi connectivity index (χ1v) is 11.3. The highest BCUT2D eigenvalue weighted by molar-refractivity contribution is 7.99. The zero-order valence-corrected chi connectivity index (χ0v) is 17.5. The van der Waals surface area contributed by atoms with E-state index in [0.29, 0.717) is 12.3 Å². The van der Waals surface area contributed by atoms with Crippen LogP contribution in [-0.2, 0) is 15.1 Å². The van der Waals surface area contributed by atoms with Gasteiger partial charge in [0.1, 0.15) is 5.54 Å². The third kappa shape index (κ3) is 2.73. The van der Waals surface area contributed by atoms with Gasteiger partial charge in [-0.05, 0) is 36.1 Å². The lowest BCUT2D eigenvalue weighted by Crippen LogP contribution is -2.53. The molecule has 0 aliphatic carbocycles. The molecule has 2 fully saturated rings. The summed E-state index contributed by atoms with van der Waals surface area (Å²) in [5, 5.41) is 6.13. The van der Waals surface area contributed by atoms with Gasteiger partial charge in [0.2, 0.25) is 11.8 Å². The second-order valence-electron chi connectivity index (χ2n) is 8.44. The zero-order chi connectivity index (χ0) is 20.2. The molecule has 6 heteroatoms. The third-order valence-corrected chi connectivity index (χ3v) is 7.62. The van der Waals surface area contributed by atoms with Crippen molar-refractivity contribution in [2.24, 2.45) is 5.92 Å². The van der Waals surface area contributed by atoms with Gasteiger partial charge in [0, 0.05) is 34.6 Å². The predicted octanol–water partition coefficient (Wildman–Crippen LogP) is 3.99. The maximum atomic E-state index is 13.5. The number of hydrogen-bond donors (Lipinski definition) is 2. The number of amides is 2. The fraction of sp³-hybridized carbons (Fsp3) is 0.391. The van der Waals surface area contributed by atoms with Crippen LogP contribution in [0.25, 0.3) is 0 Å². The van der Waals surface area contributed by atoms with E-state index in [1.165, 1.54) is 5.56 Å². The van der Waals surface area contributed by atoms with Gasteiger partial charge >= 0.3 is 0 Å². The number of nitrogens with one attached hydrogen (secondary N) is 2. The Balaban J connectivity index is 1.50. The normalized spacial score (nSPS) is 27.9. The molecule has 150 valence electrons. The van der Waals surface area contributed by atoms with Gasteiger partial charge in [-0.1, -0.05) is 44.2 Å². The Kier molecular flexibility index (Phi) is 4.44. The molecule has 29 heavy (non-hydrogen) atoms. The van der Waals surface area contributed by atoms with E-state index in [2.05, 4.69) is 41.5 Å². The number of thioether (sulfide) groups is 1. The molecule has 3 heterocycles. The van der Waals surface area contributed by atoms with Crippen molar-refractivity contribution in [2.75, 3.05) is 22.3 Å². The average molecular weight is 408 g/mol. The van der Waals surface area contributed by atoms with Crippen molar-refractivity contribution in [3.05, 3.63) is 59.7 Å². The molecule has 0 bridgehead atoms. The molecule has 2 N–H and O–H groups in total. The molecule has 0 saturated carbocycles. The molecule has 2 aromatic rings. The van der Waals surface area contributed by atoms with E-state index in [1.54, 1.807) is 0 Å².